The van der Waals surface area contributed by atoms with Crippen molar-refractivity contribution in [3.8, 4) is 0 Å². The van der Waals surface area contributed by atoms with E-state index in [1.165, 1.54) is 0 Å². The second kappa shape index (κ2) is 7.64. The fraction of sp³-hybridized carbons (Fsp3) is 0.211. The fourth-order valence-electron chi connectivity index (χ4n) is 2.44. The smallest absolute Gasteiger partial charge is 0.142 e. The van der Waals surface area contributed by atoms with E-state index in [9.17, 15) is 0 Å². The van der Waals surface area contributed by atoms with E-state index in [2.05, 4.69) is 30.9 Å². The van der Waals surface area contributed by atoms with Crippen molar-refractivity contribution in [3.05, 3.63) is 87.7 Å². The third-order valence-corrected chi connectivity index (χ3v) is 3.97. The Morgan fingerprint density at radius 1 is 0.833 bits per heavy atom. The monoisotopic (exact) mass is 383 g/mol. The van der Waals surface area contributed by atoms with E-state index in [0.717, 1.165) is 33.1 Å². The van der Waals surface area contributed by atoms with Crippen LogP contribution >= 0.6 is 15.9 Å². The molecule has 0 fully saturated rings. The number of pyridine rings is 3. The molecule has 0 aliphatic carbocycles. The standard InChI is InChI=1S/C19H18BrN3O/c1-13-6-3-9-16(21-13)19(17-10-4-7-14(2)22-17)24-12-15-8-5-11-18(20)23-15/h3-11,19H,12H2,1-2H3. The molecule has 3 rings (SSSR count). The van der Waals surface area contributed by atoms with Gasteiger partial charge in [0.2, 0.25) is 0 Å². The summed E-state index contributed by atoms with van der Waals surface area (Å²) in [6.07, 6.45) is -0.328. The van der Waals surface area contributed by atoms with Crippen molar-refractivity contribution >= 4 is 15.9 Å². The molecule has 3 aromatic heterocycles. The van der Waals surface area contributed by atoms with Gasteiger partial charge in [-0.25, -0.2) is 4.98 Å². The predicted octanol–water partition coefficient (Wildman–Crippen LogP) is 4.56. The minimum Gasteiger partial charge on any atom is -0.359 e. The van der Waals surface area contributed by atoms with Gasteiger partial charge in [0.1, 0.15) is 10.7 Å². The van der Waals surface area contributed by atoms with Crippen LogP contribution in [0.5, 0.6) is 0 Å². The van der Waals surface area contributed by atoms with Crippen molar-refractivity contribution in [2.75, 3.05) is 0 Å². The Morgan fingerprint density at radius 2 is 1.42 bits per heavy atom. The summed E-state index contributed by atoms with van der Waals surface area (Å²) in [5.74, 6) is 0. The summed E-state index contributed by atoms with van der Waals surface area (Å²) in [5, 5.41) is 0. The lowest BCUT2D eigenvalue weighted by molar-refractivity contribution is 0.0589. The fourth-order valence-corrected chi connectivity index (χ4v) is 2.82. The van der Waals surface area contributed by atoms with E-state index in [4.69, 9.17) is 4.74 Å². The maximum atomic E-state index is 6.16. The molecular formula is C19H18BrN3O. The Bertz CT molecular complexity index is 793. The Morgan fingerprint density at radius 3 is 1.96 bits per heavy atom. The predicted molar refractivity (Wildman–Crippen MR) is 96.5 cm³/mol. The highest BCUT2D eigenvalue weighted by Crippen LogP contribution is 2.25. The highest BCUT2D eigenvalue weighted by Gasteiger charge is 2.18. The van der Waals surface area contributed by atoms with Crippen molar-refractivity contribution in [1.82, 2.24) is 15.0 Å². The molecule has 0 saturated carbocycles. The highest BCUT2D eigenvalue weighted by molar-refractivity contribution is 9.10. The molecule has 0 unspecified atom stereocenters. The van der Waals surface area contributed by atoms with E-state index >= 15 is 0 Å². The zero-order valence-electron chi connectivity index (χ0n) is 13.6. The Kier molecular flexibility index (Phi) is 5.33. The lowest BCUT2D eigenvalue weighted by Crippen LogP contribution is -2.11. The van der Waals surface area contributed by atoms with Crippen LogP contribution in [0.15, 0.2) is 59.2 Å². The van der Waals surface area contributed by atoms with Crippen LogP contribution in [-0.2, 0) is 11.3 Å². The number of hydrogen-bond acceptors (Lipinski definition) is 4. The SMILES string of the molecule is Cc1cccc(C(OCc2cccc(Br)n2)c2cccc(C)n2)n1. The largest absolute Gasteiger partial charge is 0.359 e. The van der Waals surface area contributed by atoms with E-state index in [1.807, 2.05) is 68.4 Å². The first-order chi connectivity index (χ1) is 11.6. The summed E-state index contributed by atoms with van der Waals surface area (Å²) in [4.78, 5) is 13.6. The van der Waals surface area contributed by atoms with Gasteiger partial charge in [0.15, 0.2) is 0 Å². The average Bonchev–Trinajstić information content (AvgIpc) is 2.55. The molecule has 0 amide bonds. The zero-order valence-corrected chi connectivity index (χ0v) is 15.2. The van der Waals surface area contributed by atoms with Crippen molar-refractivity contribution in [2.24, 2.45) is 0 Å². The molecule has 0 N–H and O–H groups in total. The van der Waals surface area contributed by atoms with Gasteiger partial charge in [-0.3, -0.25) is 9.97 Å². The second-order valence-corrected chi connectivity index (χ2v) is 6.36. The number of rotatable bonds is 5. The summed E-state index contributed by atoms with van der Waals surface area (Å²) in [5.41, 5.74) is 4.46. The molecule has 0 aromatic carbocycles. The first kappa shape index (κ1) is 16.7. The lowest BCUT2D eigenvalue weighted by Gasteiger charge is -2.18. The molecule has 0 spiro atoms. The molecule has 122 valence electrons. The van der Waals surface area contributed by atoms with Crippen LogP contribution in [0.25, 0.3) is 0 Å². The maximum Gasteiger partial charge on any atom is 0.142 e. The van der Waals surface area contributed by atoms with Gasteiger partial charge in [-0.2, -0.15) is 0 Å². The van der Waals surface area contributed by atoms with Gasteiger partial charge >= 0.3 is 0 Å². The van der Waals surface area contributed by atoms with E-state index in [-0.39, 0.29) is 6.10 Å². The third-order valence-electron chi connectivity index (χ3n) is 3.53. The number of aryl methyl sites for hydroxylation is 2. The topological polar surface area (TPSA) is 47.9 Å². The van der Waals surface area contributed by atoms with Crippen LogP contribution in [0.3, 0.4) is 0 Å². The van der Waals surface area contributed by atoms with Gasteiger partial charge < -0.3 is 4.74 Å². The van der Waals surface area contributed by atoms with E-state index in [0.29, 0.717) is 6.61 Å². The van der Waals surface area contributed by atoms with Crippen LogP contribution in [0.1, 0.15) is 34.6 Å². The summed E-state index contributed by atoms with van der Waals surface area (Å²) in [6.45, 7) is 4.33. The Hall–Kier alpha value is -2.11. The molecular weight excluding hydrogens is 366 g/mol. The van der Waals surface area contributed by atoms with E-state index in [1.54, 1.807) is 0 Å². The number of hydrogen-bond donors (Lipinski definition) is 0. The molecule has 4 nitrogen and oxygen atoms in total. The number of nitrogens with zero attached hydrogens (tertiary/aromatic N) is 3. The quantitative estimate of drug-likeness (QED) is 0.606. The average molecular weight is 384 g/mol. The zero-order chi connectivity index (χ0) is 16.9. The van der Waals surface area contributed by atoms with Crippen molar-refractivity contribution < 1.29 is 4.74 Å². The summed E-state index contributed by atoms with van der Waals surface area (Å²) in [7, 11) is 0. The second-order valence-electron chi connectivity index (χ2n) is 5.55. The van der Waals surface area contributed by atoms with Crippen molar-refractivity contribution in [1.29, 1.82) is 0 Å². The van der Waals surface area contributed by atoms with Gasteiger partial charge in [0.25, 0.3) is 0 Å². The summed E-state index contributed by atoms with van der Waals surface area (Å²) in [6, 6.07) is 17.6. The summed E-state index contributed by atoms with van der Waals surface area (Å²) >= 11 is 3.39. The van der Waals surface area contributed by atoms with Gasteiger partial charge in [0, 0.05) is 11.4 Å². The highest BCUT2D eigenvalue weighted by atomic mass is 79.9. The molecule has 5 heteroatoms. The van der Waals surface area contributed by atoms with Gasteiger partial charge in [-0.1, -0.05) is 18.2 Å². The third kappa shape index (κ3) is 4.24. The number of halogens is 1. The van der Waals surface area contributed by atoms with Crippen molar-refractivity contribution in [3.63, 3.8) is 0 Å². The molecule has 0 radical (unpaired) electrons. The summed E-state index contributed by atoms with van der Waals surface area (Å²) < 4.78 is 6.95. The Labute approximate surface area is 150 Å². The molecule has 0 aliphatic heterocycles. The molecule has 3 heterocycles. The normalized spacial score (nSPS) is 11.0. The first-order valence-corrected chi connectivity index (χ1v) is 8.51. The van der Waals surface area contributed by atoms with Crippen LogP contribution in [-0.4, -0.2) is 15.0 Å². The Balaban J connectivity index is 1.90. The van der Waals surface area contributed by atoms with Crippen molar-refractivity contribution in [2.45, 2.75) is 26.6 Å². The molecule has 0 aliphatic rings. The van der Waals surface area contributed by atoms with Crippen LogP contribution < -0.4 is 0 Å². The van der Waals surface area contributed by atoms with Gasteiger partial charge in [-0.05, 0) is 66.2 Å². The first-order valence-electron chi connectivity index (χ1n) is 7.72. The van der Waals surface area contributed by atoms with Crippen LogP contribution in [0.2, 0.25) is 0 Å². The molecule has 0 bridgehead atoms. The van der Waals surface area contributed by atoms with Crippen LogP contribution in [0, 0.1) is 13.8 Å². The van der Waals surface area contributed by atoms with Crippen LogP contribution in [0.4, 0.5) is 0 Å². The van der Waals surface area contributed by atoms with Gasteiger partial charge in [-0.15, -0.1) is 0 Å². The molecule has 3 aromatic rings. The minimum atomic E-state index is -0.328. The van der Waals surface area contributed by atoms with Gasteiger partial charge in [0.05, 0.1) is 23.7 Å². The lowest BCUT2D eigenvalue weighted by atomic mass is 10.1. The minimum absolute atomic E-state index is 0.328. The molecule has 24 heavy (non-hydrogen) atoms. The number of aromatic nitrogens is 3. The van der Waals surface area contributed by atoms with E-state index < -0.39 is 0 Å². The number of ether oxygens (including phenoxy) is 1. The molecule has 0 saturated heterocycles. The molecule has 0 atom stereocenters. The maximum absolute atomic E-state index is 6.16.